The van der Waals surface area contributed by atoms with Gasteiger partial charge >= 0.3 is 0 Å². The van der Waals surface area contributed by atoms with Crippen LogP contribution in [-0.4, -0.2) is 50.5 Å². The van der Waals surface area contributed by atoms with E-state index in [9.17, 15) is 5.11 Å². The molecule has 146 valence electrons. The van der Waals surface area contributed by atoms with E-state index < -0.39 is 6.10 Å². The highest BCUT2D eigenvalue weighted by Gasteiger charge is 2.23. The van der Waals surface area contributed by atoms with E-state index in [1.165, 1.54) is 16.2 Å². The summed E-state index contributed by atoms with van der Waals surface area (Å²) in [7, 11) is 0. The molecule has 0 amide bonds. The van der Waals surface area contributed by atoms with Crippen molar-refractivity contribution in [1.29, 1.82) is 0 Å². The Morgan fingerprint density at radius 2 is 1.70 bits per heavy atom. The summed E-state index contributed by atoms with van der Waals surface area (Å²) >= 11 is 0. The fourth-order valence-electron chi connectivity index (χ4n) is 3.74. The molecule has 2 atom stereocenters. The average Bonchev–Trinajstić information content (AvgIpc) is 2.73. The maximum absolute atomic E-state index is 10.5. The summed E-state index contributed by atoms with van der Waals surface area (Å²) in [4.78, 5) is 3.88. The zero-order chi connectivity index (χ0) is 19.1. The molecular formula is C23H33N2O2+. The van der Waals surface area contributed by atoms with Crippen molar-refractivity contribution < 1.29 is 14.7 Å². The van der Waals surface area contributed by atoms with Gasteiger partial charge in [-0.1, -0.05) is 50.2 Å². The van der Waals surface area contributed by atoms with Gasteiger partial charge in [-0.25, -0.2) is 0 Å². The van der Waals surface area contributed by atoms with E-state index in [4.69, 9.17) is 4.74 Å². The standard InChI is InChI=1S/C23H32N2O2/c1-3-19(2)22-11-7-8-12-23(22)27-18-21(26)17-24-13-15-25(16-14-24)20-9-5-4-6-10-20/h4-12,19,21,26H,3,13-18H2,1-2H3/p+1/t19-,21+/m1/s1. The highest BCUT2D eigenvalue weighted by molar-refractivity contribution is 5.46. The number of rotatable bonds is 8. The Balaban J connectivity index is 1.45. The van der Waals surface area contributed by atoms with E-state index in [1.54, 1.807) is 0 Å². The summed E-state index contributed by atoms with van der Waals surface area (Å²) in [5, 5.41) is 10.5. The number of nitrogens with zero attached hydrogens (tertiary/aromatic N) is 1. The predicted octanol–water partition coefficient (Wildman–Crippen LogP) is 2.34. The van der Waals surface area contributed by atoms with Crippen molar-refractivity contribution in [3.05, 3.63) is 60.2 Å². The number of para-hydroxylation sites is 2. The van der Waals surface area contributed by atoms with Crippen LogP contribution in [-0.2, 0) is 0 Å². The smallest absolute Gasteiger partial charge is 0.137 e. The van der Waals surface area contributed by atoms with Gasteiger partial charge < -0.3 is 19.6 Å². The molecule has 0 aliphatic carbocycles. The van der Waals surface area contributed by atoms with E-state index in [0.717, 1.165) is 44.9 Å². The minimum Gasteiger partial charge on any atom is -0.490 e. The van der Waals surface area contributed by atoms with Gasteiger partial charge in [-0.2, -0.15) is 0 Å². The summed E-state index contributed by atoms with van der Waals surface area (Å²) in [6.07, 6.45) is 0.645. The summed E-state index contributed by atoms with van der Waals surface area (Å²) in [5.74, 6) is 1.38. The van der Waals surface area contributed by atoms with Gasteiger partial charge in [0.2, 0.25) is 0 Å². The van der Waals surface area contributed by atoms with Crippen LogP contribution in [0.4, 0.5) is 5.69 Å². The molecule has 0 spiro atoms. The molecule has 3 rings (SSSR count). The molecule has 1 fully saturated rings. The third-order valence-corrected chi connectivity index (χ3v) is 5.61. The number of hydrogen-bond donors (Lipinski definition) is 2. The number of quaternary nitrogens is 1. The third-order valence-electron chi connectivity index (χ3n) is 5.61. The zero-order valence-electron chi connectivity index (χ0n) is 16.6. The van der Waals surface area contributed by atoms with Crippen LogP contribution in [0.25, 0.3) is 0 Å². The van der Waals surface area contributed by atoms with E-state index in [-0.39, 0.29) is 0 Å². The summed E-state index contributed by atoms with van der Waals surface area (Å²) in [5.41, 5.74) is 2.53. The number of benzene rings is 2. The number of anilines is 1. The molecule has 1 saturated heterocycles. The molecule has 0 saturated carbocycles. The van der Waals surface area contributed by atoms with E-state index in [0.29, 0.717) is 12.5 Å². The van der Waals surface area contributed by atoms with Gasteiger partial charge in [-0.15, -0.1) is 0 Å². The lowest BCUT2D eigenvalue weighted by Gasteiger charge is -2.34. The summed E-state index contributed by atoms with van der Waals surface area (Å²) < 4.78 is 5.98. The van der Waals surface area contributed by atoms with E-state index >= 15 is 0 Å². The van der Waals surface area contributed by atoms with Gasteiger partial charge in [-0.3, -0.25) is 0 Å². The van der Waals surface area contributed by atoms with Crippen LogP contribution in [0, 0.1) is 0 Å². The quantitative estimate of drug-likeness (QED) is 0.750. The fraction of sp³-hybridized carbons (Fsp3) is 0.478. The lowest BCUT2D eigenvalue weighted by atomic mass is 9.98. The van der Waals surface area contributed by atoms with Crippen LogP contribution in [0.3, 0.4) is 0 Å². The molecule has 0 aromatic heterocycles. The van der Waals surface area contributed by atoms with Gasteiger partial charge in [0.15, 0.2) is 0 Å². The lowest BCUT2D eigenvalue weighted by molar-refractivity contribution is -0.903. The minimum atomic E-state index is -0.437. The summed E-state index contributed by atoms with van der Waals surface area (Å²) in [6.45, 7) is 9.68. The molecule has 4 nitrogen and oxygen atoms in total. The first kappa shape index (κ1) is 19.7. The monoisotopic (exact) mass is 369 g/mol. The number of nitrogens with one attached hydrogen (secondary N) is 1. The minimum absolute atomic E-state index is 0.360. The first-order valence-corrected chi connectivity index (χ1v) is 10.2. The number of ether oxygens (including phenoxy) is 1. The molecule has 2 aromatic rings. The second kappa shape index (κ2) is 9.77. The van der Waals surface area contributed by atoms with Crippen LogP contribution in [0.5, 0.6) is 5.75 Å². The molecule has 0 radical (unpaired) electrons. The third kappa shape index (κ3) is 5.47. The van der Waals surface area contributed by atoms with Crippen LogP contribution < -0.4 is 14.5 Å². The number of aliphatic hydroxyl groups is 1. The fourth-order valence-corrected chi connectivity index (χ4v) is 3.74. The number of hydrogen-bond acceptors (Lipinski definition) is 3. The molecule has 0 unspecified atom stereocenters. The van der Waals surface area contributed by atoms with Gasteiger partial charge in [0.05, 0.1) is 26.2 Å². The Kier molecular flexibility index (Phi) is 7.13. The first-order chi connectivity index (χ1) is 13.2. The molecular weight excluding hydrogens is 336 g/mol. The zero-order valence-corrected chi connectivity index (χ0v) is 16.6. The van der Waals surface area contributed by atoms with Crippen molar-refractivity contribution in [2.75, 3.05) is 44.2 Å². The molecule has 1 aliphatic heterocycles. The first-order valence-electron chi connectivity index (χ1n) is 10.2. The van der Waals surface area contributed by atoms with E-state index in [1.807, 2.05) is 12.1 Å². The van der Waals surface area contributed by atoms with Crippen LogP contribution in [0.15, 0.2) is 54.6 Å². The second-order valence-corrected chi connectivity index (χ2v) is 7.59. The highest BCUT2D eigenvalue weighted by Crippen LogP contribution is 2.28. The Morgan fingerprint density at radius 3 is 2.41 bits per heavy atom. The molecule has 1 heterocycles. The van der Waals surface area contributed by atoms with Gasteiger partial charge in [0.25, 0.3) is 0 Å². The summed E-state index contributed by atoms with van der Waals surface area (Å²) in [6, 6.07) is 18.8. The van der Waals surface area contributed by atoms with E-state index in [2.05, 4.69) is 61.2 Å². The normalized spacial score (nSPS) is 17.5. The largest absolute Gasteiger partial charge is 0.490 e. The Hall–Kier alpha value is -2.04. The topological polar surface area (TPSA) is 37.1 Å². The molecule has 1 aliphatic rings. The van der Waals surface area contributed by atoms with Crippen molar-refractivity contribution >= 4 is 5.69 Å². The SMILES string of the molecule is CC[C@@H](C)c1ccccc1OC[C@@H](O)C[NH+]1CCN(c2ccccc2)CC1. The Bertz CT molecular complexity index is 684. The average molecular weight is 370 g/mol. The molecule has 27 heavy (non-hydrogen) atoms. The maximum atomic E-state index is 10.5. The predicted molar refractivity (Wildman–Crippen MR) is 111 cm³/mol. The van der Waals surface area contributed by atoms with Gasteiger partial charge in [0.1, 0.15) is 25.0 Å². The van der Waals surface area contributed by atoms with Gasteiger partial charge in [0, 0.05) is 5.69 Å². The molecule has 0 bridgehead atoms. The number of piperazine rings is 1. The lowest BCUT2D eigenvalue weighted by Crippen LogP contribution is -3.16. The number of aliphatic hydroxyl groups excluding tert-OH is 1. The van der Waals surface area contributed by atoms with Crippen molar-refractivity contribution in [2.24, 2.45) is 0 Å². The molecule has 2 aromatic carbocycles. The van der Waals surface area contributed by atoms with Gasteiger partial charge in [-0.05, 0) is 36.1 Å². The Morgan fingerprint density at radius 1 is 1.04 bits per heavy atom. The van der Waals surface area contributed by atoms with Crippen molar-refractivity contribution in [3.8, 4) is 5.75 Å². The highest BCUT2D eigenvalue weighted by atomic mass is 16.5. The maximum Gasteiger partial charge on any atom is 0.137 e. The molecule has 4 heteroatoms. The van der Waals surface area contributed by atoms with Crippen molar-refractivity contribution in [1.82, 2.24) is 0 Å². The van der Waals surface area contributed by atoms with Crippen LogP contribution in [0.1, 0.15) is 31.7 Å². The van der Waals surface area contributed by atoms with Crippen molar-refractivity contribution in [2.45, 2.75) is 32.3 Å². The van der Waals surface area contributed by atoms with Crippen LogP contribution >= 0.6 is 0 Å². The second-order valence-electron chi connectivity index (χ2n) is 7.59. The van der Waals surface area contributed by atoms with Crippen LogP contribution in [0.2, 0.25) is 0 Å². The van der Waals surface area contributed by atoms with Crippen molar-refractivity contribution in [3.63, 3.8) is 0 Å². The Labute approximate surface area is 163 Å². The molecule has 2 N–H and O–H groups in total.